The molecule has 1 amide bonds. The van der Waals surface area contributed by atoms with Crippen molar-refractivity contribution in [1.29, 1.82) is 0 Å². The van der Waals surface area contributed by atoms with Gasteiger partial charge in [-0.25, -0.2) is 0 Å². The van der Waals surface area contributed by atoms with E-state index in [1.54, 1.807) is 11.9 Å². The van der Waals surface area contributed by atoms with Gasteiger partial charge in [0.15, 0.2) is 5.76 Å². The van der Waals surface area contributed by atoms with E-state index >= 15 is 0 Å². The van der Waals surface area contributed by atoms with Gasteiger partial charge in [-0.15, -0.1) is 6.42 Å². The van der Waals surface area contributed by atoms with E-state index in [4.69, 9.17) is 10.9 Å². The predicted octanol–water partition coefficient (Wildman–Crippen LogP) is -1.74. The van der Waals surface area contributed by atoms with Gasteiger partial charge in [-0.3, -0.25) is 4.79 Å². The zero-order chi connectivity index (χ0) is 16.8. The van der Waals surface area contributed by atoms with Crippen molar-refractivity contribution in [3.8, 4) is 12.3 Å². The summed E-state index contributed by atoms with van der Waals surface area (Å²) in [7, 11) is 1.70. The number of quaternary nitrogens is 1. The van der Waals surface area contributed by atoms with Gasteiger partial charge in [-0.2, -0.15) is 0 Å². The quantitative estimate of drug-likeness (QED) is 0.627. The number of hydrogen-bond acceptors (Lipinski definition) is 5. The van der Waals surface area contributed by atoms with Crippen molar-refractivity contribution in [2.75, 3.05) is 26.7 Å². The van der Waals surface area contributed by atoms with Gasteiger partial charge in [0.05, 0.1) is 25.3 Å². The number of carboxylic acids is 1. The number of hydrogen-bond donors (Lipinski definition) is 1. The number of aromatic nitrogens is 1. The molecule has 1 aliphatic heterocycles. The summed E-state index contributed by atoms with van der Waals surface area (Å²) in [6, 6.07) is 1.40. The number of carboxylic acid groups (broad SMARTS) is 1. The molecule has 2 heterocycles. The summed E-state index contributed by atoms with van der Waals surface area (Å²) in [5, 5.41) is 16.7. The minimum Gasteiger partial charge on any atom is -0.541 e. The Morgan fingerprint density at radius 3 is 3.00 bits per heavy atom. The Kier molecular flexibility index (Phi) is 5.77. The molecule has 0 spiro atoms. The summed E-state index contributed by atoms with van der Waals surface area (Å²) < 4.78 is 4.73. The average molecular weight is 319 g/mol. The minimum absolute atomic E-state index is 0.0374. The molecule has 0 aromatic carbocycles. The molecule has 2 N–H and O–H groups in total. The van der Waals surface area contributed by atoms with E-state index in [-0.39, 0.29) is 23.5 Å². The first-order valence-electron chi connectivity index (χ1n) is 7.67. The van der Waals surface area contributed by atoms with E-state index in [9.17, 15) is 14.7 Å². The Morgan fingerprint density at radius 2 is 2.35 bits per heavy atom. The first-order chi connectivity index (χ1) is 11.0. The lowest BCUT2D eigenvalue weighted by Gasteiger charge is -2.30. The van der Waals surface area contributed by atoms with Gasteiger partial charge < -0.3 is 24.6 Å². The molecule has 124 valence electrons. The molecule has 0 radical (unpaired) electrons. The SMILES string of the molecule is C#CCN(C)C(=O)C[C@@H]1CC[NH2+]C[C@@H]1Cc1cc(C(=O)[O-])on1. The molecule has 0 aliphatic carbocycles. The number of nitrogens with two attached hydrogens (primary N) is 1. The van der Waals surface area contributed by atoms with E-state index < -0.39 is 5.97 Å². The van der Waals surface area contributed by atoms with Crippen LogP contribution in [0.3, 0.4) is 0 Å². The third kappa shape index (κ3) is 4.57. The fourth-order valence-electron chi connectivity index (χ4n) is 2.99. The molecule has 1 fully saturated rings. The number of piperidine rings is 1. The summed E-state index contributed by atoms with van der Waals surface area (Å²) in [4.78, 5) is 24.5. The van der Waals surface area contributed by atoms with Crippen LogP contribution < -0.4 is 10.4 Å². The van der Waals surface area contributed by atoms with Crippen LogP contribution in [0.4, 0.5) is 0 Å². The molecule has 1 aromatic rings. The first kappa shape index (κ1) is 17.0. The second-order valence-corrected chi connectivity index (χ2v) is 5.95. The Balaban J connectivity index is 1.99. The fraction of sp³-hybridized carbons (Fsp3) is 0.562. The number of amides is 1. The minimum atomic E-state index is -1.37. The smallest absolute Gasteiger partial charge is 0.223 e. The van der Waals surface area contributed by atoms with Gasteiger partial charge in [0, 0.05) is 38.3 Å². The molecule has 1 aliphatic rings. The summed E-state index contributed by atoms with van der Waals surface area (Å²) >= 11 is 0. The van der Waals surface area contributed by atoms with Crippen LogP contribution >= 0.6 is 0 Å². The van der Waals surface area contributed by atoms with Crippen LogP contribution in [0.1, 0.15) is 29.1 Å². The highest BCUT2D eigenvalue weighted by atomic mass is 16.5. The zero-order valence-electron chi connectivity index (χ0n) is 13.2. The second kappa shape index (κ2) is 7.79. The van der Waals surface area contributed by atoms with Gasteiger partial charge in [0.25, 0.3) is 0 Å². The van der Waals surface area contributed by atoms with Crippen molar-refractivity contribution in [2.45, 2.75) is 19.3 Å². The van der Waals surface area contributed by atoms with Crippen molar-refractivity contribution in [2.24, 2.45) is 11.8 Å². The molecule has 1 saturated heterocycles. The normalized spacial score (nSPS) is 20.7. The van der Waals surface area contributed by atoms with Gasteiger partial charge in [0.1, 0.15) is 5.97 Å². The van der Waals surface area contributed by atoms with Crippen LogP contribution in [-0.2, 0) is 11.2 Å². The standard InChI is InChI=1S/C16H21N3O4/c1-3-6-19(2)15(20)8-11-4-5-17-10-12(11)7-13-9-14(16(21)22)23-18-13/h1,9,11-12,17H,4-8,10H2,2H3,(H,21,22)/t11-,12-/m0/s1. The third-order valence-corrected chi connectivity index (χ3v) is 4.30. The zero-order valence-corrected chi connectivity index (χ0v) is 13.2. The summed E-state index contributed by atoms with van der Waals surface area (Å²) in [5.41, 5.74) is 0.582. The summed E-state index contributed by atoms with van der Waals surface area (Å²) in [6.07, 6.45) is 7.21. The molecule has 2 atom stereocenters. The molecule has 0 unspecified atom stereocenters. The van der Waals surface area contributed by atoms with Gasteiger partial charge in [-0.05, 0) is 5.92 Å². The molecule has 23 heavy (non-hydrogen) atoms. The molecule has 2 rings (SSSR count). The molecular formula is C16H21N3O4. The Labute approximate surface area is 135 Å². The lowest BCUT2D eigenvalue weighted by atomic mass is 9.81. The number of carbonyl (C=O) groups excluding carboxylic acids is 2. The Bertz CT molecular complexity index is 605. The van der Waals surface area contributed by atoms with Crippen LogP contribution in [0, 0.1) is 24.2 Å². The largest absolute Gasteiger partial charge is 0.541 e. The van der Waals surface area contributed by atoms with Crippen LogP contribution in [0.25, 0.3) is 0 Å². The van der Waals surface area contributed by atoms with Crippen molar-refractivity contribution < 1.29 is 24.5 Å². The van der Waals surface area contributed by atoms with Crippen molar-refractivity contribution in [3.05, 3.63) is 17.5 Å². The van der Waals surface area contributed by atoms with Crippen LogP contribution in [-0.4, -0.2) is 48.6 Å². The highest BCUT2D eigenvalue weighted by Crippen LogP contribution is 2.25. The Morgan fingerprint density at radius 1 is 1.57 bits per heavy atom. The lowest BCUT2D eigenvalue weighted by Crippen LogP contribution is -2.88. The molecule has 7 nitrogen and oxygen atoms in total. The summed E-state index contributed by atoms with van der Waals surface area (Å²) in [6.45, 7) is 2.17. The van der Waals surface area contributed by atoms with E-state index in [2.05, 4.69) is 16.4 Å². The highest BCUT2D eigenvalue weighted by Gasteiger charge is 2.31. The number of nitrogens with zero attached hydrogens (tertiary/aromatic N) is 2. The number of terminal acetylenes is 1. The van der Waals surface area contributed by atoms with E-state index in [0.29, 0.717) is 25.1 Å². The van der Waals surface area contributed by atoms with E-state index in [1.165, 1.54) is 6.07 Å². The Hall–Kier alpha value is -2.33. The molecule has 0 saturated carbocycles. The monoisotopic (exact) mass is 319 g/mol. The topological polar surface area (TPSA) is 103 Å². The predicted molar refractivity (Wildman–Crippen MR) is 78.9 cm³/mol. The van der Waals surface area contributed by atoms with Crippen LogP contribution in [0.2, 0.25) is 0 Å². The van der Waals surface area contributed by atoms with Crippen LogP contribution in [0.15, 0.2) is 10.6 Å². The fourth-order valence-corrected chi connectivity index (χ4v) is 2.99. The van der Waals surface area contributed by atoms with Crippen molar-refractivity contribution >= 4 is 11.9 Å². The number of aromatic carboxylic acids is 1. The van der Waals surface area contributed by atoms with Gasteiger partial charge in [0.2, 0.25) is 5.91 Å². The van der Waals surface area contributed by atoms with Crippen molar-refractivity contribution in [3.63, 3.8) is 0 Å². The maximum absolute atomic E-state index is 12.2. The number of rotatable bonds is 6. The summed E-state index contributed by atoms with van der Waals surface area (Å²) in [5.74, 6) is 1.34. The van der Waals surface area contributed by atoms with Crippen molar-refractivity contribution in [1.82, 2.24) is 10.1 Å². The first-order valence-corrected chi connectivity index (χ1v) is 7.67. The maximum Gasteiger partial charge on any atom is 0.223 e. The molecular weight excluding hydrogens is 298 g/mol. The highest BCUT2D eigenvalue weighted by molar-refractivity contribution is 5.82. The van der Waals surface area contributed by atoms with Crippen LogP contribution in [0.5, 0.6) is 0 Å². The third-order valence-electron chi connectivity index (χ3n) is 4.30. The molecule has 7 heteroatoms. The molecule has 0 bridgehead atoms. The van der Waals surface area contributed by atoms with Gasteiger partial charge >= 0.3 is 0 Å². The maximum atomic E-state index is 12.2. The lowest BCUT2D eigenvalue weighted by molar-refractivity contribution is -0.672. The number of carbonyl (C=O) groups is 2. The molecule has 1 aromatic heterocycles. The van der Waals surface area contributed by atoms with E-state index in [1.807, 2.05) is 0 Å². The van der Waals surface area contributed by atoms with E-state index in [0.717, 1.165) is 19.5 Å². The van der Waals surface area contributed by atoms with Gasteiger partial charge in [-0.1, -0.05) is 11.1 Å². The average Bonchev–Trinajstić information content (AvgIpc) is 2.98. The second-order valence-electron chi connectivity index (χ2n) is 5.95.